The summed E-state index contributed by atoms with van der Waals surface area (Å²) in [5, 5.41) is 0.839. The first kappa shape index (κ1) is 16.5. The Bertz CT molecular complexity index is 644. The molecule has 1 aromatic heterocycles. The molecule has 1 aliphatic heterocycles. The van der Waals surface area contributed by atoms with E-state index in [4.69, 9.17) is 16.3 Å². The van der Waals surface area contributed by atoms with E-state index in [1.54, 1.807) is 0 Å². The molecule has 23 heavy (non-hydrogen) atoms. The van der Waals surface area contributed by atoms with Crippen LogP contribution in [0.4, 0.5) is 4.39 Å². The molecule has 0 bridgehead atoms. The summed E-state index contributed by atoms with van der Waals surface area (Å²) in [6.07, 6.45) is 8.59. The van der Waals surface area contributed by atoms with E-state index in [0.717, 1.165) is 43.0 Å². The minimum Gasteiger partial charge on any atom is -0.381 e. The van der Waals surface area contributed by atoms with E-state index in [1.165, 1.54) is 11.1 Å². The zero-order valence-corrected chi connectivity index (χ0v) is 13.9. The Morgan fingerprint density at radius 2 is 2.04 bits per heavy atom. The smallest absolute Gasteiger partial charge is 0.0956 e. The van der Waals surface area contributed by atoms with Crippen molar-refractivity contribution in [2.75, 3.05) is 19.9 Å². The first-order chi connectivity index (χ1) is 11.3. The number of alkyl halides is 1. The van der Waals surface area contributed by atoms with Crippen LogP contribution in [-0.2, 0) is 4.74 Å². The van der Waals surface area contributed by atoms with Gasteiger partial charge in [-0.15, -0.1) is 0 Å². The van der Waals surface area contributed by atoms with E-state index >= 15 is 0 Å². The van der Waals surface area contributed by atoms with Crippen molar-refractivity contribution in [2.24, 2.45) is 0 Å². The molecule has 1 aliphatic rings. The number of nitrogens with zero attached hydrogens (tertiary/aromatic N) is 2. The molecular weight excluding hydrogens is 315 g/mol. The van der Waals surface area contributed by atoms with Crippen molar-refractivity contribution in [2.45, 2.75) is 38.1 Å². The summed E-state index contributed by atoms with van der Waals surface area (Å²) in [6.45, 7) is 0.952. The third-order valence-corrected chi connectivity index (χ3v) is 4.68. The van der Waals surface area contributed by atoms with Gasteiger partial charge in [0.15, 0.2) is 0 Å². The van der Waals surface area contributed by atoms with Crippen molar-refractivity contribution in [1.29, 1.82) is 0 Å². The average molecular weight is 337 g/mol. The molecule has 0 aliphatic carbocycles. The molecule has 124 valence electrons. The number of fused-ring (bicyclic) bond motifs is 3. The van der Waals surface area contributed by atoms with Crippen LogP contribution in [0.5, 0.6) is 0 Å². The number of hydrogen-bond donors (Lipinski definition) is 0. The highest BCUT2D eigenvalue weighted by Gasteiger charge is 2.29. The Morgan fingerprint density at radius 3 is 2.91 bits per heavy atom. The second-order valence-corrected chi connectivity index (χ2v) is 6.31. The van der Waals surface area contributed by atoms with E-state index < -0.39 is 0 Å². The summed E-state index contributed by atoms with van der Waals surface area (Å²) in [5.74, 6) is 0. The maximum Gasteiger partial charge on any atom is 0.0956 e. The molecule has 0 saturated heterocycles. The van der Waals surface area contributed by atoms with Crippen LogP contribution >= 0.6 is 11.6 Å². The van der Waals surface area contributed by atoms with Crippen LogP contribution in [0.25, 0.3) is 11.3 Å². The number of ether oxygens (including phenoxy) is 1. The van der Waals surface area contributed by atoms with E-state index in [9.17, 15) is 4.39 Å². The zero-order chi connectivity index (χ0) is 16.1. The van der Waals surface area contributed by atoms with Crippen LogP contribution in [0.2, 0.25) is 5.02 Å². The number of benzene rings is 1. The normalized spacial score (nSPS) is 15.7. The third kappa shape index (κ3) is 3.59. The van der Waals surface area contributed by atoms with Crippen LogP contribution in [0.15, 0.2) is 30.7 Å². The Hall–Kier alpha value is -1.39. The SMILES string of the molecule is FCCCOCCCCCC1c2c(Cl)cccc2-c2cncn21. The van der Waals surface area contributed by atoms with Gasteiger partial charge in [-0.2, -0.15) is 0 Å². The second kappa shape index (κ2) is 7.93. The van der Waals surface area contributed by atoms with Crippen LogP contribution in [0.3, 0.4) is 0 Å². The quantitative estimate of drug-likeness (QED) is 0.600. The first-order valence-corrected chi connectivity index (χ1v) is 8.65. The Kier molecular flexibility index (Phi) is 5.68. The molecule has 0 saturated carbocycles. The summed E-state index contributed by atoms with van der Waals surface area (Å²) in [7, 11) is 0. The summed E-state index contributed by atoms with van der Waals surface area (Å²) in [4.78, 5) is 4.28. The van der Waals surface area contributed by atoms with Crippen LogP contribution in [0, 0.1) is 0 Å². The van der Waals surface area contributed by atoms with E-state index in [1.807, 2.05) is 24.7 Å². The van der Waals surface area contributed by atoms with Gasteiger partial charge in [-0.05, 0) is 25.3 Å². The molecule has 0 spiro atoms. The van der Waals surface area contributed by atoms with Gasteiger partial charge in [0, 0.05) is 29.4 Å². The fraction of sp³-hybridized carbons (Fsp3) is 0.500. The standard InChI is InChI=1S/C18H22ClFN2O/c19-15-7-4-6-14-17-12-21-13-22(17)16(18(14)15)8-2-1-3-10-23-11-5-9-20/h4,6-7,12-13,16H,1-3,5,8-11H2. The van der Waals surface area contributed by atoms with Gasteiger partial charge >= 0.3 is 0 Å². The van der Waals surface area contributed by atoms with Gasteiger partial charge in [0.05, 0.1) is 30.9 Å². The fourth-order valence-electron chi connectivity index (χ4n) is 3.26. The molecule has 1 aromatic carbocycles. The number of halogens is 2. The minimum atomic E-state index is -0.297. The van der Waals surface area contributed by atoms with Crippen LogP contribution in [0.1, 0.15) is 43.7 Å². The molecule has 0 amide bonds. The number of unbranched alkanes of at least 4 members (excludes halogenated alkanes) is 2. The Balaban J connectivity index is 1.53. The maximum absolute atomic E-state index is 11.9. The van der Waals surface area contributed by atoms with Gasteiger partial charge in [-0.1, -0.05) is 36.6 Å². The predicted molar refractivity (Wildman–Crippen MR) is 90.7 cm³/mol. The molecule has 0 fully saturated rings. The van der Waals surface area contributed by atoms with Crippen molar-refractivity contribution < 1.29 is 9.13 Å². The molecular formula is C18H22ClFN2O. The van der Waals surface area contributed by atoms with Crippen molar-refractivity contribution >= 4 is 11.6 Å². The fourth-order valence-corrected chi connectivity index (χ4v) is 3.56. The number of aromatic nitrogens is 2. The zero-order valence-electron chi connectivity index (χ0n) is 13.2. The first-order valence-electron chi connectivity index (χ1n) is 8.27. The van der Waals surface area contributed by atoms with Gasteiger partial charge in [-0.25, -0.2) is 4.98 Å². The van der Waals surface area contributed by atoms with Gasteiger partial charge in [0.2, 0.25) is 0 Å². The van der Waals surface area contributed by atoms with Crippen molar-refractivity contribution in [3.8, 4) is 11.3 Å². The summed E-state index contributed by atoms with van der Waals surface area (Å²) < 4.78 is 19.6. The van der Waals surface area contributed by atoms with E-state index in [-0.39, 0.29) is 12.7 Å². The molecule has 2 aromatic rings. The summed E-state index contributed by atoms with van der Waals surface area (Å²) >= 11 is 6.44. The lowest BCUT2D eigenvalue weighted by Crippen LogP contribution is -2.05. The lowest BCUT2D eigenvalue weighted by Gasteiger charge is -2.15. The van der Waals surface area contributed by atoms with Gasteiger partial charge in [-0.3, -0.25) is 4.39 Å². The second-order valence-electron chi connectivity index (χ2n) is 5.91. The monoisotopic (exact) mass is 336 g/mol. The highest BCUT2D eigenvalue weighted by atomic mass is 35.5. The molecule has 2 heterocycles. The molecule has 1 unspecified atom stereocenters. The molecule has 3 nitrogen and oxygen atoms in total. The molecule has 1 atom stereocenters. The van der Waals surface area contributed by atoms with Crippen molar-refractivity contribution in [1.82, 2.24) is 9.55 Å². The largest absolute Gasteiger partial charge is 0.381 e. The van der Waals surface area contributed by atoms with Gasteiger partial charge in [0.1, 0.15) is 0 Å². The topological polar surface area (TPSA) is 27.1 Å². The lowest BCUT2D eigenvalue weighted by atomic mass is 9.98. The summed E-state index contributed by atoms with van der Waals surface area (Å²) in [6, 6.07) is 6.36. The summed E-state index contributed by atoms with van der Waals surface area (Å²) in [5.41, 5.74) is 3.59. The molecule has 5 heteroatoms. The third-order valence-electron chi connectivity index (χ3n) is 4.35. The van der Waals surface area contributed by atoms with Gasteiger partial charge in [0.25, 0.3) is 0 Å². The molecule has 0 N–H and O–H groups in total. The maximum atomic E-state index is 11.9. The highest BCUT2D eigenvalue weighted by molar-refractivity contribution is 6.32. The van der Waals surface area contributed by atoms with E-state index in [0.29, 0.717) is 13.0 Å². The average Bonchev–Trinajstić information content (AvgIpc) is 3.13. The minimum absolute atomic E-state index is 0.281. The van der Waals surface area contributed by atoms with Crippen LogP contribution in [-0.4, -0.2) is 29.4 Å². The Morgan fingerprint density at radius 1 is 1.17 bits per heavy atom. The number of imidazole rings is 1. The van der Waals surface area contributed by atoms with Crippen LogP contribution < -0.4 is 0 Å². The number of rotatable bonds is 9. The lowest BCUT2D eigenvalue weighted by molar-refractivity contribution is 0.122. The van der Waals surface area contributed by atoms with Crippen molar-refractivity contribution in [3.63, 3.8) is 0 Å². The Labute approximate surface area is 141 Å². The molecule has 0 radical (unpaired) electrons. The predicted octanol–water partition coefficient (Wildman–Crippen LogP) is 5.04. The van der Waals surface area contributed by atoms with Gasteiger partial charge < -0.3 is 9.30 Å². The highest BCUT2D eigenvalue weighted by Crippen LogP contribution is 2.44. The van der Waals surface area contributed by atoms with Crippen molar-refractivity contribution in [3.05, 3.63) is 41.3 Å². The van der Waals surface area contributed by atoms with E-state index in [2.05, 4.69) is 15.6 Å². The molecule has 3 rings (SSSR count). The number of hydrogen-bond acceptors (Lipinski definition) is 2.